The van der Waals surface area contributed by atoms with E-state index in [1.807, 2.05) is 0 Å². The lowest BCUT2D eigenvalue weighted by molar-refractivity contribution is -0.255. The molecular weight excluding hydrogens is 386 g/mol. The topological polar surface area (TPSA) is 122 Å². The second kappa shape index (κ2) is 7.49. The number of carbonyl (C=O) groups is 1. The van der Waals surface area contributed by atoms with Crippen molar-refractivity contribution in [2.24, 2.45) is 14.1 Å². The molecule has 9 nitrogen and oxygen atoms in total. The van der Waals surface area contributed by atoms with Crippen LogP contribution in [-0.2, 0) is 24.1 Å². The number of aryl methyl sites for hydroxylation is 2. The van der Waals surface area contributed by atoms with Crippen molar-refractivity contribution < 1.29 is 23.1 Å². The van der Waals surface area contributed by atoms with Crippen molar-refractivity contribution >= 4 is 27.0 Å². The molecule has 3 aromatic rings. The van der Waals surface area contributed by atoms with Gasteiger partial charge in [0.15, 0.2) is 0 Å². The number of imidazole rings is 1. The Morgan fingerprint density at radius 2 is 1.71 bits per heavy atom. The van der Waals surface area contributed by atoms with E-state index in [4.69, 9.17) is 4.74 Å². The summed E-state index contributed by atoms with van der Waals surface area (Å²) >= 11 is 0. The fraction of sp³-hybridized carbons (Fsp3) is 0.222. The fourth-order valence-corrected chi connectivity index (χ4v) is 3.80. The number of hydrogen-bond acceptors (Lipinski definition) is 6. The zero-order valence-electron chi connectivity index (χ0n) is 15.2. The highest BCUT2D eigenvalue weighted by Gasteiger charge is 2.16. The summed E-state index contributed by atoms with van der Waals surface area (Å²) in [5.41, 5.74) is 0.934. The predicted octanol–water partition coefficient (Wildman–Crippen LogP) is -0.402. The fourth-order valence-electron chi connectivity index (χ4n) is 2.77. The number of sulfonamides is 1. The van der Waals surface area contributed by atoms with E-state index in [9.17, 15) is 23.1 Å². The van der Waals surface area contributed by atoms with Crippen molar-refractivity contribution in [1.29, 1.82) is 0 Å². The van der Waals surface area contributed by atoms with Crippen molar-refractivity contribution in [3.05, 3.63) is 58.5 Å². The van der Waals surface area contributed by atoms with Gasteiger partial charge in [0.25, 0.3) is 0 Å². The number of carboxylic acid groups (broad SMARTS) is 1. The van der Waals surface area contributed by atoms with Crippen LogP contribution in [0.4, 0.5) is 0 Å². The van der Waals surface area contributed by atoms with E-state index in [2.05, 4.69) is 4.72 Å². The maximum atomic E-state index is 12.5. The third-order valence-corrected chi connectivity index (χ3v) is 5.77. The molecule has 1 aromatic heterocycles. The van der Waals surface area contributed by atoms with E-state index in [0.717, 1.165) is 0 Å². The lowest BCUT2D eigenvalue weighted by atomic mass is 10.2. The van der Waals surface area contributed by atoms with E-state index in [-0.39, 0.29) is 29.3 Å². The number of fused-ring (bicyclic) bond motifs is 1. The highest BCUT2D eigenvalue weighted by Crippen LogP contribution is 2.17. The summed E-state index contributed by atoms with van der Waals surface area (Å²) in [5.74, 6) is -0.878. The maximum absolute atomic E-state index is 12.5. The van der Waals surface area contributed by atoms with Gasteiger partial charge in [0.05, 0.1) is 21.9 Å². The third kappa shape index (κ3) is 3.78. The molecule has 0 unspecified atom stereocenters. The van der Waals surface area contributed by atoms with Crippen molar-refractivity contribution in [3.63, 3.8) is 0 Å². The highest BCUT2D eigenvalue weighted by atomic mass is 32.2. The standard InChI is InChI=1S/C18H19N3O6S/c1-20-15-8-7-14(11-16(15)21(2)18(20)24)28(25,26)19-9-10-27-13-5-3-12(4-6-13)17(22)23/h3-8,11,19H,9-10H2,1-2H3,(H,22,23)/p-1. The first-order chi connectivity index (χ1) is 13.2. The minimum atomic E-state index is -3.79. The van der Waals surface area contributed by atoms with E-state index in [0.29, 0.717) is 16.8 Å². The van der Waals surface area contributed by atoms with Gasteiger partial charge < -0.3 is 14.6 Å². The van der Waals surface area contributed by atoms with Crippen LogP contribution < -0.4 is 20.3 Å². The Morgan fingerprint density at radius 3 is 2.36 bits per heavy atom. The van der Waals surface area contributed by atoms with Crippen molar-refractivity contribution in [2.45, 2.75) is 4.90 Å². The van der Waals surface area contributed by atoms with Gasteiger partial charge in [0.2, 0.25) is 10.0 Å². The second-order valence-corrected chi connectivity index (χ2v) is 7.88. The van der Waals surface area contributed by atoms with Gasteiger partial charge in [-0.05, 0) is 48.0 Å². The molecule has 0 bridgehead atoms. The third-order valence-electron chi connectivity index (χ3n) is 4.31. The van der Waals surface area contributed by atoms with Crippen LogP contribution in [0.25, 0.3) is 11.0 Å². The molecule has 0 saturated carbocycles. The Bertz CT molecular complexity index is 1190. The van der Waals surface area contributed by atoms with Crippen molar-refractivity contribution in [1.82, 2.24) is 13.9 Å². The van der Waals surface area contributed by atoms with Gasteiger partial charge in [-0.2, -0.15) is 0 Å². The molecule has 0 radical (unpaired) electrons. The van der Waals surface area contributed by atoms with Gasteiger partial charge in [-0.1, -0.05) is 0 Å². The molecule has 0 amide bonds. The molecule has 0 spiro atoms. The van der Waals surface area contributed by atoms with Crippen molar-refractivity contribution in [2.75, 3.05) is 13.2 Å². The van der Waals surface area contributed by atoms with E-state index < -0.39 is 16.0 Å². The van der Waals surface area contributed by atoms with Gasteiger partial charge in [0, 0.05) is 20.6 Å². The minimum absolute atomic E-state index is 0.0102. The monoisotopic (exact) mass is 404 g/mol. The number of aromatic nitrogens is 2. The SMILES string of the molecule is Cn1c(=O)n(C)c2cc(S(=O)(=O)NCCOc3ccc(C(=O)[O-])cc3)ccc21. The van der Waals surface area contributed by atoms with Crippen LogP contribution in [-0.4, -0.2) is 36.7 Å². The first kappa shape index (κ1) is 19.6. The molecule has 1 heterocycles. The molecule has 3 rings (SSSR count). The lowest BCUT2D eigenvalue weighted by Gasteiger charge is -2.10. The molecule has 148 valence electrons. The number of hydrogen-bond donors (Lipinski definition) is 1. The van der Waals surface area contributed by atoms with Crippen LogP contribution in [0.3, 0.4) is 0 Å². The molecule has 0 aliphatic heterocycles. The summed E-state index contributed by atoms with van der Waals surface area (Å²) in [6.07, 6.45) is 0. The Hall–Kier alpha value is -3.11. The molecule has 0 atom stereocenters. The molecule has 0 fully saturated rings. The van der Waals surface area contributed by atoms with Gasteiger partial charge in [-0.15, -0.1) is 0 Å². The second-order valence-electron chi connectivity index (χ2n) is 6.11. The number of aromatic carboxylic acids is 1. The summed E-state index contributed by atoms with van der Waals surface area (Å²) in [6.45, 7) is 0.0618. The van der Waals surface area contributed by atoms with E-state index in [1.54, 1.807) is 20.2 Å². The highest BCUT2D eigenvalue weighted by molar-refractivity contribution is 7.89. The average Bonchev–Trinajstić information content (AvgIpc) is 2.89. The largest absolute Gasteiger partial charge is 0.545 e. The van der Waals surface area contributed by atoms with Crippen LogP contribution in [0.1, 0.15) is 10.4 Å². The number of nitrogens with zero attached hydrogens (tertiary/aromatic N) is 2. The van der Waals surface area contributed by atoms with Crippen molar-refractivity contribution in [3.8, 4) is 5.75 Å². The summed E-state index contributed by atoms with van der Waals surface area (Å²) in [6, 6.07) is 10.1. The Morgan fingerprint density at radius 1 is 1.07 bits per heavy atom. The van der Waals surface area contributed by atoms with Crippen LogP contribution in [0, 0.1) is 0 Å². The normalized spacial score (nSPS) is 11.6. The smallest absolute Gasteiger partial charge is 0.328 e. The summed E-state index contributed by atoms with van der Waals surface area (Å²) < 4.78 is 35.6. The number of ether oxygens (including phenoxy) is 1. The summed E-state index contributed by atoms with van der Waals surface area (Å²) in [5, 5.41) is 10.7. The number of benzene rings is 2. The minimum Gasteiger partial charge on any atom is -0.545 e. The summed E-state index contributed by atoms with van der Waals surface area (Å²) in [7, 11) is -0.589. The molecule has 28 heavy (non-hydrogen) atoms. The quantitative estimate of drug-likeness (QED) is 0.535. The van der Waals surface area contributed by atoms with Gasteiger partial charge >= 0.3 is 5.69 Å². The van der Waals surface area contributed by atoms with Crippen LogP contribution in [0.2, 0.25) is 0 Å². The average molecular weight is 404 g/mol. The molecule has 0 aliphatic rings. The first-order valence-electron chi connectivity index (χ1n) is 8.30. The van der Waals surface area contributed by atoms with Crippen LogP contribution >= 0.6 is 0 Å². The van der Waals surface area contributed by atoms with Crippen LogP contribution in [0.15, 0.2) is 52.2 Å². The Kier molecular flexibility index (Phi) is 5.25. The zero-order valence-corrected chi connectivity index (χ0v) is 16.0. The molecule has 10 heteroatoms. The Balaban J connectivity index is 1.65. The number of carboxylic acids is 1. The molecule has 1 N–H and O–H groups in total. The molecule has 0 aliphatic carbocycles. The summed E-state index contributed by atoms with van der Waals surface area (Å²) in [4.78, 5) is 22.7. The maximum Gasteiger partial charge on any atom is 0.328 e. The number of nitrogens with one attached hydrogen (secondary N) is 1. The van der Waals surface area contributed by atoms with Gasteiger partial charge in [-0.3, -0.25) is 9.13 Å². The molecular formula is C18H18N3O6S-. The molecule has 0 saturated heterocycles. The first-order valence-corrected chi connectivity index (χ1v) is 9.78. The number of rotatable bonds is 7. The van der Waals surface area contributed by atoms with Gasteiger partial charge in [-0.25, -0.2) is 17.9 Å². The van der Waals surface area contributed by atoms with E-state index >= 15 is 0 Å². The lowest BCUT2D eigenvalue weighted by Crippen LogP contribution is -2.28. The van der Waals surface area contributed by atoms with Gasteiger partial charge in [0.1, 0.15) is 12.4 Å². The predicted molar refractivity (Wildman–Crippen MR) is 99.6 cm³/mol. The Labute approximate surface area is 160 Å². The van der Waals surface area contributed by atoms with Crippen LogP contribution in [0.5, 0.6) is 5.75 Å². The number of carbonyl (C=O) groups excluding carboxylic acids is 1. The molecule has 2 aromatic carbocycles. The van der Waals surface area contributed by atoms with E-state index in [1.165, 1.54) is 45.5 Å². The zero-order chi connectivity index (χ0) is 20.5.